The number of likely N-dealkylation sites (tertiary alicyclic amines) is 1. The number of piperidine rings is 1. The Kier molecular flexibility index (Phi) is 4.58. The van der Waals surface area contributed by atoms with Crippen LogP contribution in [0.3, 0.4) is 0 Å². The highest BCUT2D eigenvalue weighted by molar-refractivity contribution is 7.16. The van der Waals surface area contributed by atoms with Crippen LogP contribution in [0, 0.1) is 0 Å². The fourth-order valence-corrected chi connectivity index (χ4v) is 3.81. The van der Waals surface area contributed by atoms with Crippen LogP contribution in [-0.4, -0.2) is 39.1 Å². The van der Waals surface area contributed by atoms with Crippen LogP contribution < -0.4 is 5.32 Å². The van der Waals surface area contributed by atoms with Gasteiger partial charge in [0.1, 0.15) is 0 Å². The maximum atomic E-state index is 12.7. The number of urea groups is 1. The molecule has 1 aliphatic heterocycles. The summed E-state index contributed by atoms with van der Waals surface area (Å²) in [5.41, 5.74) is 3.47. The highest BCUT2D eigenvalue weighted by Gasteiger charge is 2.29. The average Bonchev–Trinajstić information content (AvgIpc) is 3.31. The second-order valence-electron chi connectivity index (χ2n) is 6.90. The van der Waals surface area contributed by atoms with E-state index in [1.807, 2.05) is 36.9 Å². The van der Waals surface area contributed by atoms with Gasteiger partial charge in [-0.1, -0.05) is 19.0 Å². The number of aromatic nitrogens is 3. The number of carbonyl (C=O) groups is 1. The number of benzene rings is 1. The number of hydrogen-bond acceptors (Lipinski definition) is 6. The molecule has 0 aliphatic carbocycles. The Labute approximate surface area is 155 Å². The molecule has 7 nitrogen and oxygen atoms in total. The Balaban J connectivity index is 1.43. The molecule has 136 valence electrons. The molecule has 0 spiro atoms. The van der Waals surface area contributed by atoms with Gasteiger partial charge in [-0.2, -0.15) is 4.98 Å². The molecule has 8 heteroatoms. The lowest BCUT2D eigenvalue weighted by Gasteiger charge is -2.31. The normalized spacial score (nSPS) is 17.8. The molecule has 1 atom stereocenters. The molecule has 0 saturated carbocycles. The standard InChI is InChI=1S/C18H21N5O2S/c1-11(2)16-21-17(25-22-16)12-4-3-7-23(9-12)18(24)20-13-5-6-15-14(8-13)19-10-26-15/h5-6,8,10-12H,3-4,7,9H2,1-2H3,(H,20,24). The highest BCUT2D eigenvalue weighted by atomic mass is 32.1. The van der Waals surface area contributed by atoms with Crippen LogP contribution in [-0.2, 0) is 0 Å². The molecule has 3 heterocycles. The Bertz CT molecular complexity index is 919. The van der Waals surface area contributed by atoms with Gasteiger partial charge in [0.15, 0.2) is 5.82 Å². The van der Waals surface area contributed by atoms with Crippen molar-refractivity contribution in [1.29, 1.82) is 0 Å². The van der Waals surface area contributed by atoms with E-state index >= 15 is 0 Å². The van der Waals surface area contributed by atoms with E-state index in [1.165, 1.54) is 0 Å². The van der Waals surface area contributed by atoms with Crippen LogP contribution in [0.5, 0.6) is 0 Å². The van der Waals surface area contributed by atoms with Crippen molar-refractivity contribution in [2.45, 2.75) is 38.5 Å². The summed E-state index contributed by atoms with van der Waals surface area (Å²) < 4.78 is 6.53. The van der Waals surface area contributed by atoms with Crippen LogP contribution in [0.15, 0.2) is 28.2 Å². The van der Waals surface area contributed by atoms with Crippen LogP contribution in [0.25, 0.3) is 10.2 Å². The highest BCUT2D eigenvalue weighted by Crippen LogP contribution is 2.27. The minimum Gasteiger partial charge on any atom is -0.339 e. The van der Waals surface area contributed by atoms with Gasteiger partial charge in [-0.3, -0.25) is 0 Å². The monoisotopic (exact) mass is 371 g/mol. The number of nitrogens with one attached hydrogen (secondary N) is 1. The fraction of sp³-hybridized carbons (Fsp3) is 0.444. The average molecular weight is 371 g/mol. The van der Waals surface area contributed by atoms with Crippen molar-refractivity contribution < 1.29 is 9.32 Å². The molecular weight excluding hydrogens is 350 g/mol. The molecule has 1 N–H and O–H groups in total. The van der Waals surface area contributed by atoms with Gasteiger partial charge < -0.3 is 14.7 Å². The first-order valence-corrected chi connectivity index (χ1v) is 9.71. The first-order valence-electron chi connectivity index (χ1n) is 8.83. The summed E-state index contributed by atoms with van der Waals surface area (Å²) in [5, 5.41) is 7.02. The van der Waals surface area contributed by atoms with Crippen molar-refractivity contribution >= 4 is 33.3 Å². The van der Waals surface area contributed by atoms with Crippen LogP contribution in [0.4, 0.5) is 10.5 Å². The number of thiazole rings is 1. The van der Waals surface area contributed by atoms with Gasteiger partial charge >= 0.3 is 6.03 Å². The summed E-state index contributed by atoms with van der Waals surface area (Å²) >= 11 is 1.59. The van der Waals surface area contributed by atoms with Crippen molar-refractivity contribution in [2.75, 3.05) is 18.4 Å². The lowest BCUT2D eigenvalue weighted by Crippen LogP contribution is -2.41. The molecule has 1 aliphatic rings. The molecule has 2 amide bonds. The number of rotatable bonds is 3. The predicted molar refractivity (Wildman–Crippen MR) is 101 cm³/mol. The summed E-state index contributed by atoms with van der Waals surface area (Å²) in [5.74, 6) is 1.68. The van der Waals surface area contributed by atoms with Gasteiger partial charge in [0, 0.05) is 24.7 Å². The summed E-state index contributed by atoms with van der Waals surface area (Å²) in [7, 11) is 0. The van der Waals surface area contributed by atoms with Crippen LogP contribution in [0.2, 0.25) is 0 Å². The Hall–Kier alpha value is -2.48. The summed E-state index contributed by atoms with van der Waals surface area (Å²) in [6.45, 7) is 5.39. The number of anilines is 1. The molecule has 1 aromatic carbocycles. The first-order chi connectivity index (χ1) is 12.6. The smallest absolute Gasteiger partial charge is 0.321 e. The Morgan fingerprint density at radius 3 is 3.12 bits per heavy atom. The third-order valence-corrected chi connectivity index (χ3v) is 5.42. The number of fused-ring (bicyclic) bond motifs is 1. The van der Waals surface area contributed by atoms with E-state index in [2.05, 4.69) is 20.4 Å². The van der Waals surface area contributed by atoms with Gasteiger partial charge in [0.05, 0.1) is 21.6 Å². The molecule has 1 unspecified atom stereocenters. The van der Waals surface area contributed by atoms with Gasteiger partial charge in [0.25, 0.3) is 0 Å². The molecule has 1 saturated heterocycles. The van der Waals surface area contributed by atoms with E-state index in [1.54, 1.807) is 16.8 Å². The molecular formula is C18H21N5O2S. The lowest BCUT2D eigenvalue weighted by atomic mass is 9.98. The quantitative estimate of drug-likeness (QED) is 0.745. The maximum absolute atomic E-state index is 12.7. The second-order valence-corrected chi connectivity index (χ2v) is 7.78. The van der Waals surface area contributed by atoms with E-state index in [9.17, 15) is 4.79 Å². The van der Waals surface area contributed by atoms with E-state index < -0.39 is 0 Å². The Morgan fingerprint density at radius 2 is 2.31 bits per heavy atom. The van der Waals surface area contributed by atoms with Crippen molar-refractivity contribution in [1.82, 2.24) is 20.0 Å². The predicted octanol–water partition coefficient (Wildman–Crippen LogP) is 4.21. The summed E-state index contributed by atoms with van der Waals surface area (Å²) in [4.78, 5) is 23.3. The minimum absolute atomic E-state index is 0.0931. The van der Waals surface area contributed by atoms with E-state index in [0.717, 1.165) is 41.1 Å². The fourth-order valence-electron chi connectivity index (χ4n) is 3.15. The lowest BCUT2D eigenvalue weighted by molar-refractivity contribution is 0.184. The zero-order valence-electron chi connectivity index (χ0n) is 14.8. The number of nitrogens with zero attached hydrogens (tertiary/aromatic N) is 4. The zero-order chi connectivity index (χ0) is 18.1. The largest absolute Gasteiger partial charge is 0.339 e. The van der Waals surface area contributed by atoms with Crippen molar-refractivity contribution in [3.05, 3.63) is 35.4 Å². The molecule has 3 aromatic rings. The summed E-state index contributed by atoms with van der Waals surface area (Å²) in [6.07, 6.45) is 1.87. The van der Waals surface area contributed by atoms with E-state index in [-0.39, 0.29) is 17.9 Å². The van der Waals surface area contributed by atoms with Crippen molar-refractivity contribution in [3.8, 4) is 0 Å². The number of amides is 2. The SMILES string of the molecule is CC(C)c1noc(C2CCCN(C(=O)Nc3ccc4scnc4c3)C2)n1. The molecule has 0 radical (unpaired) electrons. The van der Waals surface area contributed by atoms with Gasteiger partial charge in [-0.05, 0) is 31.0 Å². The number of carbonyl (C=O) groups excluding carboxylic acids is 1. The summed E-state index contributed by atoms with van der Waals surface area (Å²) in [6, 6.07) is 5.69. The van der Waals surface area contributed by atoms with Crippen LogP contribution in [0.1, 0.15) is 50.2 Å². The van der Waals surface area contributed by atoms with Gasteiger partial charge in [-0.25, -0.2) is 9.78 Å². The topological polar surface area (TPSA) is 84.2 Å². The molecule has 1 fully saturated rings. The van der Waals surface area contributed by atoms with Crippen LogP contribution >= 0.6 is 11.3 Å². The number of hydrogen-bond donors (Lipinski definition) is 1. The molecule has 26 heavy (non-hydrogen) atoms. The third-order valence-electron chi connectivity index (χ3n) is 4.61. The van der Waals surface area contributed by atoms with Crippen molar-refractivity contribution in [2.24, 2.45) is 0 Å². The Morgan fingerprint density at radius 1 is 1.42 bits per heavy atom. The van der Waals surface area contributed by atoms with E-state index in [4.69, 9.17) is 4.52 Å². The second kappa shape index (κ2) is 7.03. The van der Waals surface area contributed by atoms with Gasteiger partial charge in [0.2, 0.25) is 5.89 Å². The minimum atomic E-state index is -0.104. The van der Waals surface area contributed by atoms with E-state index in [0.29, 0.717) is 12.4 Å². The maximum Gasteiger partial charge on any atom is 0.321 e. The molecule has 2 aromatic heterocycles. The zero-order valence-corrected chi connectivity index (χ0v) is 15.6. The molecule has 4 rings (SSSR count). The first kappa shape index (κ1) is 17.0. The third kappa shape index (κ3) is 3.41. The van der Waals surface area contributed by atoms with Crippen molar-refractivity contribution in [3.63, 3.8) is 0 Å². The molecule has 0 bridgehead atoms. The van der Waals surface area contributed by atoms with Gasteiger partial charge in [-0.15, -0.1) is 11.3 Å².